The van der Waals surface area contributed by atoms with Crippen molar-refractivity contribution < 1.29 is 46.1 Å². The third kappa shape index (κ3) is 2.38. The van der Waals surface area contributed by atoms with Crippen LogP contribution in [0.4, 0.5) is 26.3 Å². The number of alkyl halides is 6. The van der Waals surface area contributed by atoms with Gasteiger partial charge >= 0.3 is 55.9 Å². The maximum atomic E-state index is 12.2. The molecule has 11 heteroatoms. The molecular formula is C5H5BiF6O4. The van der Waals surface area contributed by atoms with Crippen molar-refractivity contribution in [3.05, 3.63) is 0 Å². The predicted octanol–water partition coefficient (Wildman–Crippen LogP) is -0.122. The van der Waals surface area contributed by atoms with Crippen LogP contribution < -0.4 is 0 Å². The second kappa shape index (κ2) is 4.72. The van der Waals surface area contributed by atoms with E-state index in [-0.39, 0.29) is 26.2 Å². The molecule has 0 rings (SSSR count). The molecule has 0 saturated heterocycles. The minimum absolute atomic E-state index is 0. The summed E-state index contributed by atoms with van der Waals surface area (Å²) in [7, 11) is 0. The van der Waals surface area contributed by atoms with E-state index in [2.05, 4.69) is 0 Å². The molecule has 96 valence electrons. The minimum atomic E-state index is -6.53. The molecule has 0 atom stereocenters. The average molecular weight is 452 g/mol. The van der Waals surface area contributed by atoms with Crippen molar-refractivity contribution in [3.8, 4) is 0 Å². The van der Waals surface area contributed by atoms with Crippen LogP contribution in [0.2, 0.25) is 0 Å². The number of carboxylic acids is 2. The van der Waals surface area contributed by atoms with Gasteiger partial charge in [-0.3, -0.25) is 0 Å². The monoisotopic (exact) mass is 452 g/mol. The van der Waals surface area contributed by atoms with Gasteiger partial charge in [-0.2, -0.15) is 26.3 Å². The Morgan fingerprint density at radius 2 is 0.938 bits per heavy atom. The van der Waals surface area contributed by atoms with Gasteiger partial charge in [0.1, 0.15) is 0 Å². The topological polar surface area (TPSA) is 74.6 Å². The van der Waals surface area contributed by atoms with Crippen LogP contribution >= 0.6 is 0 Å². The second-order valence-corrected chi connectivity index (χ2v) is 2.33. The zero-order valence-corrected chi connectivity index (χ0v) is 12.7. The van der Waals surface area contributed by atoms with Crippen molar-refractivity contribution >= 4 is 38.1 Å². The summed E-state index contributed by atoms with van der Waals surface area (Å²) >= 11 is 0. The Labute approximate surface area is 102 Å². The first-order valence-corrected chi connectivity index (χ1v) is 2.99. The molecule has 0 aliphatic carbocycles. The number of rotatable bonds is 4. The average Bonchev–Trinajstić information content (AvgIpc) is 2.02. The Bertz CT molecular complexity index is 275. The maximum absolute atomic E-state index is 12.2. The Morgan fingerprint density at radius 3 is 1.06 bits per heavy atom. The molecule has 0 heterocycles. The molecule has 0 aromatic carbocycles. The standard InChI is InChI=1S/C5H2F6O4.Bi.3H/c6-3(7,1(12)13)5(10,11)4(8,9)2(14)15;;;;/h(H,12,13)(H,14,15);;;;. The van der Waals surface area contributed by atoms with Gasteiger partial charge in [0.2, 0.25) is 0 Å². The molecule has 4 nitrogen and oxygen atoms in total. The fourth-order valence-electron chi connectivity index (χ4n) is 0.466. The number of hydrogen-bond donors (Lipinski definition) is 2. The van der Waals surface area contributed by atoms with E-state index in [1.54, 1.807) is 0 Å². The Hall–Kier alpha value is -0.597. The van der Waals surface area contributed by atoms with E-state index >= 15 is 0 Å². The van der Waals surface area contributed by atoms with E-state index < -0.39 is 29.7 Å². The van der Waals surface area contributed by atoms with E-state index in [4.69, 9.17) is 10.2 Å². The molecule has 0 fully saturated rings. The van der Waals surface area contributed by atoms with Crippen LogP contribution in [0, 0.1) is 0 Å². The molecule has 0 aromatic heterocycles. The fourth-order valence-corrected chi connectivity index (χ4v) is 0.466. The van der Waals surface area contributed by atoms with Crippen molar-refractivity contribution in [1.82, 2.24) is 0 Å². The van der Waals surface area contributed by atoms with Crippen molar-refractivity contribution in [1.29, 1.82) is 0 Å². The molecule has 0 unspecified atom stereocenters. The third-order valence-corrected chi connectivity index (χ3v) is 1.33. The molecule has 0 bridgehead atoms. The summed E-state index contributed by atoms with van der Waals surface area (Å²) in [5.74, 6) is -26.0. The van der Waals surface area contributed by atoms with Crippen LogP contribution in [0.3, 0.4) is 0 Å². The van der Waals surface area contributed by atoms with Crippen LogP contribution in [0.1, 0.15) is 0 Å². The number of halogens is 6. The summed E-state index contributed by atoms with van der Waals surface area (Å²) < 4.78 is 72.8. The van der Waals surface area contributed by atoms with Gasteiger partial charge in [0, 0.05) is 0 Å². The SMILES string of the molecule is O=C(O)C(F)(F)C(F)(F)C(F)(F)C(=O)O.[BiH3]. The van der Waals surface area contributed by atoms with Crippen molar-refractivity contribution in [2.75, 3.05) is 0 Å². The van der Waals surface area contributed by atoms with Gasteiger partial charge in [0.25, 0.3) is 0 Å². The van der Waals surface area contributed by atoms with Gasteiger partial charge < -0.3 is 10.2 Å². The molecule has 0 radical (unpaired) electrons. The van der Waals surface area contributed by atoms with E-state index in [0.717, 1.165) is 0 Å². The first-order valence-electron chi connectivity index (χ1n) is 2.99. The summed E-state index contributed by atoms with van der Waals surface area (Å²) in [6, 6.07) is 0. The van der Waals surface area contributed by atoms with Crippen LogP contribution in [-0.4, -0.2) is 66.1 Å². The summed E-state index contributed by atoms with van der Waals surface area (Å²) in [5.41, 5.74) is 0. The van der Waals surface area contributed by atoms with E-state index in [1.807, 2.05) is 0 Å². The quantitative estimate of drug-likeness (QED) is 0.461. The van der Waals surface area contributed by atoms with Gasteiger partial charge in [0.15, 0.2) is 0 Å². The molecule has 0 aliphatic rings. The molecular weight excluding hydrogens is 447 g/mol. The van der Waals surface area contributed by atoms with Crippen LogP contribution in [-0.2, 0) is 9.59 Å². The van der Waals surface area contributed by atoms with E-state index in [1.165, 1.54) is 0 Å². The molecule has 0 amide bonds. The van der Waals surface area contributed by atoms with Gasteiger partial charge in [-0.05, 0) is 0 Å². The Balaban J connectivity index is 0. The predicted molar refractivity (Wildman–Crippen MR) is 40.1 cm³/mol. The summed E-state index contributed by atoms with van der Waals surface area (Å²) in [5, 5.41) is 15.1. The van der Waals surface area contributed by atoms with Gasteiger partial charge in [-0.15, -0.1) is 0 Å². The van der Waals surface area contributed by atoms with Crippen LogP contribution in [0.25, 0.3) is 0 Å². The Kier molecular flexibility index (Phi) is 5.25. The zero-order valence-electron chi connectivity index (χ0n) is 7.19. The van der Waals surface area contributed by atoms with Crippen molar-refractivity contribution in [2.45, 2.75) is 17.8 Å². The van der Waals surface area contributed by atoms with Gasteiger partial charge in [0.05, 0.1) is 0 Å². The molecule has 0 aliphatic heterocycles. The fraction of sp³-hybridized carbons (Fsp3) is 0.600. The first kappa shape index (κ1) is 17.8. The first-order chi connectivity index (χ1) is 6.39. The number of carboxylic acid groups (broad SMARTS) is 2. The third-order valence-electron chi connectivity index (χ3n) is 1.33. The second-order valence-electron chi connectivity index (χ2n) is 2.33. The number of aliphatic carboxylic acids is 2. The zero-order chi connectivity index (χ0) is 12.7. The normalized spacial score (nSPS) is 12.9. The number of carbonyl (C=O) groups is 2. The Morgan fingerprint density at radius 1 is 0.750 bits per heavy atom. The molecule has 0 spiro atoms. The van der Waals surface area contributed by atoms with Crippen molar-refractivity contribution in [3.63, 3.8) is 0 Å². The molecule has 2 N–H and O–H groups in total. The van der Waals surface area contributed by atoms with Crippen molar-refractivity contribution in [2.24, 2.45) is 0 Å². The van der Waals surface area contributed by atoms with Gasteiger partial charge in [-0.25, -0.2) is 9.59 Å². The van der Waals surface area contributed by atoms with E-state index in [0.29, 0.717) is 0 Å². The summed E-state index contributed by atoms with van der Waals surface area (Å²) in [6.45, 7) is 0. The molecule has 0 saturated carbocycles. The molecule has 16 heavy (non-hydrogen) atoms. The summed E-state index contributed by atoms with van der Waals surface area (Å²) in [6.07, 6.45) is 0. The van der Waals surface area contributed by atoms with E-state index in [9.17, 15) is 35.9 Å². The van der Waals surface area contributed by atoms with Crippen LogP contribution in [0.15, 0.2) is 0 Å². The van der Waals surface area contributed by atoms with Crippen LogP contribution in [0.5, 0.6) is 0 Å². The summed E-state index contributed by atoms with van der Waals surface area (Å²) in [4.78, 5) is 19.2. The molecule has 0 aromatic rings. The van der Waals surface area contributed by atoms with Gasteiger partial charge in [-0.1, -0.05) is 0 Å². The number of hydrogen-bond acceptors (Lipinski definition) is 2.